The van der Waals surface area contributed by atoms with Crippen molar-refractivity contribution >= 4 is 10.8 Å². The van der Waals surface area contributed by atoms with E-state index in [2.05, 4.69) is 23.2 Å². The molecule has 1 aromatic carbocycles. The van der Waals surface area contributed by atoms with Gasteiger partial charge in [0.2, 0.25) is 0 Å². The molecule has 72 valence electrons. The van der Waals surface area contributed by atoms with Crippen LogP contribution in [0.5, 0.6) is 0 Å². The molecule has 0 unspecified atom stereocenters. The van der Waals surface area contributed by atoms with E-state index in [-0.39, 0.29) is 5.54 Å². The quantitative estimate of drug-likeness (QED) is 0.742. The Labute approximate surface area is 83.8 Å². The smallest absolute Gasteiger partial charge is 0.0352 e. The number of benzene rings is 1. The van der Waals surface area contributed by atoms with Gasteiger partial charge < -0.3 is 5.73 Å². The van der Waals surface area contributed by atoms with E-state index in [4.69, 9.17) is 5.73 Å². The van der Waals surface area contributed by atoms with E-state index in [0.29, 0.717) is 0 Å². The molecule has 2 N–H and O–H groups in total. The van der Waals surface area contributed by atoms with E-state index in [0.717, 1.165) is 10.9 Å². The fraction of sp³-hybridized carbons (Fsp3) is 0.250. The zero-order valence-corrected chi connectivity index (χ0v) is 8.49. The molecule has 0 atom stereocenters. The Balaban J connectivity index is 2.63. The van der Waals surface area contributed by atoms with Crippen molar-refractivity contribution in [1.29, 1.82) is 0 Å². The molecule has 1 heterocycles. The van der Waals surface area contributed by atoms with Crippen LogP contribution in [0.25, 0.3) is 10.8 Å². The van der Waals surface area contributed by atoms with Gasteiger partial charge in [0, 0.05) is 23.3 Å². The van der Waals surface area contributed by atoms with Gasteiger partial charge in [-0.05, 0) is 36.9 Å². The molecule has 1 aromatic heterocycles. The summed E-state index contributed by atoms with van der Waals surface area (Å²) in [7, 11) is 0. The largest absolute Gasteiger partial charge is 0.322 e. The second-order valence-electron chi connectivity index (χ2n) is 4.16. The molecule has 0 saturated heterocycles. The van der Waals surface area contributed by atoms with E-state index < -0.39 is 0 Å². The molecule has 14 heavy (non-hydrogen) atoms. The monoisotopic (exact) mass is 186 g/mol. The summed E-state index contributed by atoms with van der Waals surface area (Å²) in [6.45, 7) is 4.02. The number of fused-ring (bicyclic) bond motifs is 1. The van der Waals surface area contributed by atoms with E-state index >= 15 is 0 Å². The maximum atomic E-state index is 6.03. The van der Waals surface area contributed by atoms with Crippen LogP contribution in [0, 0.1) is 0 Å². The molecule has 0 spiro atoms. The molecule has 0 amide bonds. The molecular formula is C12H14N2. The predicted molar refractivity (Wildman–Crippen MR) is 59.0 cm³/mol. The Morgan fingerprint density at radius 3 is 2.64 bits per heavy atom. The third kappa shape index (κ3) is 1.61. The van der Waals surface area contributed by atoms with Crippen LogP contribution in [0.3, 0.4) is 0 Å². The van der Waals surface area contributed by atoms with Gasteiger partial charge in [-0.25, -0.2) is 0 Å². The highest BCUT2D eigenvalue weighted by atomic mass is 14.7. The highest BCUT2D eigenvalue weighted by Crippen LogP contribution is 2.21. The summed E-state index contributed by atoms with van der Waals surface area (Å²) in [6.07, 6.45) is 3.66. The summed E-state index contributed by atoms with van der Waals surface area (Å²) < 4.78 is 0. The first-order valence-electron chi connectivity index (χ1n) is 4.70. The summed E-state index contributed by atoms with van der Waals surface area (Å²) in [5.74, 6) is 0. The summed E-state index contributed by atoms with van der Waals surface area (Å²) in [5, 5.41) is 2.34. The molecule has 0 aliphatic heterocycles. The van der Waals surface area contributed by atoms with Crippen molar-refractivity contribution in [2.24, 2.45) is 5.73 Å². The summed E-state index contributed by atoms with van der Waals surface area (Å²) in [4.78, 5) is 4.07. The average Bonchev–Trinajstić information content (AvgIpc) is 2.16. The van der Waals surface area contributed by atoms with Gasteiger partial charge in [0.05, 0.1) is 0 Å². The first-order chi connectivity index (χ1) is 6.57. The SMILES string of the molecule is CC(C)(N)c1ccc2cnccc2c1. The van der Waals surface area contributed by atoms with Crippen LogP contribution >= 0.6 is 0 Å². The number of rotatable bonds is 1. The van der Waals surface area contributed by atoms with Crippen LogP contribution in [0.1, 0.15) is 19.4 Å². The highest BCUT2D eigenvalue weighted by molar-refractivity contribution is 5.82. The first-order valence-corrected chi connectivity index (χ1v) is 4.70. The minimum atomic E-state index is -0.280. The van der Waals surface area contributed by atoms with Gasteiger partial charge in [0.25, 0.3) is 0 Å². The molecule has 2 heteroatoms. The van der Waals surface area contributed by atoms with Crippen LogP contribution in [0.4, 0.5) is 0 Å². The molecule has 0 saturated carbocycles. The summed E-state index contributed by atoms with van der Waals surface area (Å²) in [5.41, 5.74) is 6.90. The van der Waals surface area contributed by atoms with E-state index in [9.17, 15) is 0 Å². The topological polar surface area (TPSA) is 38.9 Å². The maximum Gasteiger partial charge on any atom is 0.0352 e. The van der Waals surface area contributed by atoms with E-state index in [1.165, 1.54) is 5.39 Å². The number of hydrogen-bond donors (Lipinski definition) is 1. The lowest BCUT2D eigenvalue weighted by molar-refractivity contribution is 0.555. The molecule has 0 radical (unpaired) electrons. The Hall–Kier alpha value is -1.41. The normalized spacial score (nSPS) is 11.9. The fourth-order valence-electron chi connectivity index (χ4n) is 1.48. The van der Waals surface area contributed by atoms with Crippen LogP contribution in [0.15, 0.2) is 36.7 Å². The third-order valence-electron chi connectivity index (χ3n) is 2.38. The molecule has 0 bridgehead atoms. The van der Waals surface area contributed by atoms with Crippen molar-refractivity contribution < 1.29 is 0 Å². The Kier molecular flexibility index (Phi) is 2.01. The van der Waals surface area contributed by atoms with Crippen molar-refractivity contribution in [3.63, 3.8) is 0 Å². The predicted octanol–water partition coefficient (Wildman–Crippen LogP) is 2.43. The minimum Gasteiger partial charge on any atom is -0.322 e. The zero-order valence-electron chi connectivity index (χ0n) is 8.49. The van der Waals surface area contributed by atoms with Crippen molar-refractivity contribution in [3.05, 3.63) is 42.2 Å². The highest BCUT2D eigenvalue weighted by Gasteiger charge is 2.13. The number of pyridine rings is 1. The van der Waals surface area contributed by atoms with Crippen molar-refractivity contribution in [2.45, 2.75) is 19.4 Å². The molecule has 0 fully saturated rings. The second-order valence-corrected chi connectivity index (χ2v) is 4.16. The van der Waals surface area contributed by atoms with Gasteiger partial charge in [-0.2, -0.15) is 0 Å². The van der Waals surface area contributed by atoms with E-state index in [1.54, 1.807) is 6.20 Å². The first kappa shape index (κ1) is 9.16. The van der Waals surface area contributed by atoms with Gasteiger partial charge in [-0.1, -0.05) is 12.1 Å². The van der Waals surface area contributed by atoms with Gasteiger partial charge in [-0.3, -0.25) is 4.98 Å². The van der Waals surface area contributed by atoms with Gasteiger partial charge in [0.15, 0.2) is 0 Å². The Morgan fingerprint density at radius 1 is 1.14 bits per heavy atom. The average molecular weight is 186 g/mol. The van der Waals surface area contributed by atoms with Crippen LogP contribution in [-0.4, -0.2) is 4.98 Å². The van der Waals surface area contributed by atoms with Crippen molar-refractivity contribution in [1.82, 2.24) is 4.98 Å². The summed E-state index contributed by atoms with van der Waals surface area (Å²) in [6, 6.07) is 8.25. The molecule has 2 aromatic rings. The number of aromatic nitrogens is 1. The van der Waals surface area contributed by atoms with E-state index in [1.807, 2.05) is 26.1 Å². The lowest BCUT2D eigenvalue weighted by atomic mass is 9.94. The van der Waals surface area contributed by atoms with Crippen molar-refractivity contribution in [2.75, 3.05) is 0 Å². The fourth-order valence-corrected chi connectivity index (χ4v) is 1.48. The summed E-state index contributed by atoms with van der Waals surface area (Å²) >= 11 is 0. The Morgan fingerprint density at radius 2 is 1.93 bits per heavy atom. The van der Waals surface area contributed by atoms with Crippen molar-refractivity contribution in [3.8, 4) is 0 Å². The second kappa shape index (κ2) is 3.07. The molecule has 2 nitrogen and oxygen atoms in total. The van der Waals surface area contributed by atoms with Crippen LogP contribution in [0.2, 0.25) is 0 Å². The maximum absolute atomic E-state index is 6.03. The molecule has 2 rings (SSSR count). The van der Waals surface area contributed by atoms with Gasteiger partial charge in [0.1, 0.15) is 0 Å². The molecular weight excluding hydrogens is 172 g/mol. The lowest BCUT2D eigenvalue weighted by Gasteiger charge is -2.19. The molecule has 0 aliphatic rings. The van der Waals surface area contributed by atoms with Gasteiger partial charge in [-0.15, -0.1) is 0 Å². The van der Waals surface area contributed by atoms with Crippen LogP contribution < -0.4 is 5.73 Å². The Bertz CT molecular complexity index is 455. The number of nitrogens with zero attached hydrogens (tertiary/aromatic N) is 1. The van der Waals surface area contributed by atoms with Crippen LogP contribution in [-0.2, 0) is 5.54 Å². The third-order valence-corrected chi connectivity index (χ3v) is 2.38. The minimum absolute atomic E-state index is 0.280. The van der Waals surface area contributed by atoms with Gasteiger partial charge >= 0.3 is 0 Å². The number of hydrogen-bond acceptors (Lipinski definition) is 2. The molecule has 0 aliphatic carbocycles. The zero-order chi connectivity index (χ0) is 10.2. The standard InChI is InChI=1S/C12H14N2/c1-12(2,13)11-4-3-10-8-14-6-5-9(10)7-11/h3-8H,13H2,1-2H3. The lowest BCUT2D eigenvalue weighted by Crippen LogP contribution is -2.28. The number of nitrogens with two attached hydrogens (primary N) is 1.